The van der Waals surface area contributed by atoms with Crippen molar-refractivity contribution in [2.24, 2.45) is 0 Å². The van der Waals surface area contributed by atoms with Crippen LogP contribution in [0, 0.1) is 0 Å². The molecule has 0 aromatic carbocycles. The molecule has 1 aliphatic rings. The summed E-state index contributed by atoms with van der Waals surface area (Å²) >= 11 is 3.30. The van der Waals surface area contributed by atoms with E-state index in [0.717, 1.165) is 18.8 Å². The number of nitrogens with zero attached hydrogens (tertiary/aromatic N) is 1. The van der Waals surface area contributed by atoms with Crippen molar-refractivity contribution in [1.82, 2.24) is 10.2 Å². The first-order valence-electron chi connectivity index (χ1n) is 6.51. The molecule has 0 saturated carbocycles. The number of halogens is 1. The lowest BCUT2D eigenvalue weighted by molar-refractivity contribution is -0.151. The van der Waals surface area contributed by atoms with Crippen LogP contribution in [0.15, 0.2) is 21.2 Å². The minimum Gasteiger partial charge on any atom is -0.465 e. The molecule has 0 radical (unpaired) electrons. The van der Waals surface area contributed by atoms with Crippen LogP contribution in [-0.4, -0.2) is 43.2 Å². The van der Waals surface area contributed by atoms with E-state index in [2.05, 4.69) is 26.1 Å². The van der Waals surface area contributed by atoms with Crippen LogP contribution in [-0.2, 0) is 9.53 Å². The van der Waals surface area contributed by atoms with Crippen LogP contribution in [0.1, 0.15) is 25.6 Å². The Morgan fingerprint density at radius 2 is 2.47 bits per heavy atom. The molecule has 19 heavy (non-hydrogen) atoms. The van der Waals surface area contributed by atoms with E-state index in [1.807, 2.05) is 26.0 Å². The maximum Gasteiger partial charge on any atom is 0.324 e. The van der Waals surface area contributed by atoms with Crippen molar-refractivity contribution in [2.75, 3.05) is 26.2 Å². The lowest BCUT2D eigenvalue weighted by Crippen LogP contribution is -2.55. The van der Waals surface area contributed by atoms with Gasteiger partial charge in [-0.2, -0.15) is 0 Å². The fourth-order valence-electron chi connectivity index (χ4n) is 2.36. The van der Waals surface area contributed by atoms with Crippen LogP contribution in [0.5, 0.6) is 0 Å². The Kier molecular flexibility index (Phi) is 5.01. The summed E-state index contributed by atoms with van der Waals surface area (Å²) in [4.78, 5) is 14.1. The van der Waals surface area contributed by atoms with Crippen LogP contribution in [0.4, 0.5) is 0 Å². The number of hydrogen-bond acceptors (Lipinski definition) is 5. The summed E-state index contributed by atoms with van der Waals surface area (Å²) in [6.07, 6.45) is 0. The normalized spacial score (nSPS) is 22.2. The summed E-state index contributed by atoms with van der Waals surface area (Å²) < 4.78 is 11.4. The molecule has 1 aromatic rings. The third-order valence-electron chi connectivity index (χ3n) is 3.35. The molecular weight excluding hydrogens is 312 g/mol. The molecular formula is C13H19BrN2O3. The topological polar surface area (TPSA) is 54.7 Å². The molecule has 0 bridgehead atoms. The minimum absolute atomic E-state index is 0.0443. The van der Waals surface area contributed by atoms with Crippen LogP contribution in [0.3, 0.4) is 0 Å². The summed E-state index contributed by atoms with van der Waals surface area (Å²) in [6, 6.07) is 3.59. The maximum absolute atomic E-state index is 12.0. The number of ether oxygens (including phenoxy) is 1. The Morgan fingerprint density at radius 3 is 3.11 bits per heavy atom. The summed E-state index contributed by atoms with van der Waals surface area (Å²) in [7, 11) is 0. The number of carbonyl (C=O) groups is 1. The first-order valence-corrected chi connectivity index (χ1v) is 7.31. The van der Waals surface area contributed by atoms with Crippen molar-refractivity contribution in [1.29, 1.82) is 0 Å². The second-order valence-electron chi connectivity index (χ2n) is 4.53. The molecule has 1 N–H and O–H groups in total. The average Bonchev–Trinajstić information content (AvgIpc) is 2.85. The van der Waals surface area contributed by atoms with E-state index in [1.165, 1.54) is 0 Å². The number of furan rings is 1. The molecule has 1 aromatic heterocycles. The highest BCUT2D eigenvalue weighted by Crippen LogP contribution is 2.27. The van der Waals surface area contributed by atoms with Crippen LogP contribution >= 0.6 is 15.9 Å². The Labute approximate surface area is 121 Å². The molecule has 2 rings (SSSR count). The third kappa shape index (κ3) is 3.38. The summed E-state index contributed by atoms with van der Waals surface area (Å²) in [6.45, 7) is 6.55. The van der Waals surface area contributed by atoms with E-state index in [0.29, 0.717) is 17.8 Å². The molecule has 6 heteroatoms. The van der Waals surface area contributed by atoms with Gasteiger partial charge in [-0.25, -0.2) is 0 Å². The van der Waals surface area contributed by atoms with E-state index >= 15 is 0 Å². The van der Waals surface area contributed by atoms with E-state index in [-0.39, 0.29) is 18.1 Å². The zero-order chi connectivity index (χ0) is 13.8. The van der Waals surface area contributed by atoms with E-state index in [4.69, 9.17) is 9.15 Å². The molecule has 2 atom stereocenters. The Bertz CT molecular complexity index is 435. The van der Waals surface area contributed by atoms with Gasteiger partial charge in [0.25, 0.3) is 0 Å². The second-order valence-corrected chi connectivity index (χ2v) is 5.31. The molecule has 106 valence electrons. The van der Waals surface area contributed by atoms with Gasteiger partial charge in [-0.1, -0.05) is 0 Å². The SMILES string of the molecule is CCOC(=O)C1CNCCN1C(C)c1ccc(Br)o1. The van der Waals surface area contributed by atoms with Gasteiger partial charge in [0.15, 0.2) is 4.67 Å². The largest absolute Gasteiger partial charge is 0.465 e. The monoisotopic (exact) mass is 330 g/mol. The van der Waals surface area contributed by atoms with Gasteiger partial charge >= 0.3 is 5.97 Å². The Hall–Kier alpha value is -0.850. The van der Waals surface area contributed by atoms with Crippen molar-refractivity contribution in [3.8, 4) is 0 Å². The van der Waals surface area contributed by atoms with Crippen molar-refractivity contribution in [3.63, 3.8) is 0 Å². The fourth-order valence-corrected chi connectivity index (χ4v) is 2.68. The van der Waals surface area contributed by atoms with E-state index < -0.39 is 0 Å². The van der Waals surface area contributed by atoms with Gasteiger partial charge in [0.05, 0.1) is 12.6 Å². The lowest BCUT2D eigenvalue weighted by Gasteiger charge is -2.37. The number of piperazine rings is 1. The average molecular weight is 331 g/mol. The molecule has 1 aliphatic heterocycles. The smallest absolute Gasteiger partial charge is 0.324 e. The lowest BCUT2D eigenvalue weighted by atomic mass is 10.1. The van der Waals surface area contributed by atoms with Crippen molar-refractivity contribution in [2.45, 2.75) is 25.9 Å². The highest BCUT2D eigenvalue weighted by atomic mass is 79.9. The molecule has 0 aliphatic carbocycles. The zero-order valence-electron chi connectivity index (χ0n) is 11.2. The highest BCUT2D eigenvalue weighted by molar-refractivity contribution is 9.10. The highest BCUT2D eigenvalue weighted by Gasteiger charge is 2.34. The molecule has 1 fully saturated rings. The number of rotatable bonds is 4. The van der Waals surface area contributed by atoms with Gasteiger partial charge in [-0.05, 0) is 41.9 Å². The first kappa shape index (κ1) is 14.6. The van der Waals surface area contributed by atoms with Crippen LogP contribution in [0.2, 0.25) is 0 Å². The van der Waals surface area contributed by atoms with Crippen molar-refractivity contribution < 1.29 is 13.9 Å². The molecule has 1 saturated heterocycles. The third-order valence-corrected chi connectivity index (χ3v) is 3.77. The van der Waals surface area contributed by atoms with Gasteiger partial charge in [-0.3, -0.25) is 9.69 Å². The number of hydrogen-bond donors (Lipinski definition) is 1. The summed E-state index contributed by atoms with van der Waals surface area (Å²) in [5.41, 5.74) is 0. The molecule has 2 unspecified atom stereocenters. The van der Waals surface area contributed by atoms with Gasteiger partial charge in [0, 0.05) is 19.6 Å². The second kappa shape index (κ2) is 6.54. The van der Waals surface area contributed by atoms with Crippen molar-refractivity contribution in [3.05, 3.63) is 22.6 Å². The van der Waals surface area contributed by atoms with Gasteiger partial charge in [0.2, 0.25) is 0 Å². The van der Waals surface area contributed by atoms with Gasteiger partial charge in [0.1, 0.15) is 11.8 Å². The predicted octanol–water partition coefficient (Wildman–Crippen LogP) is 1.94. The summed E-state index contributed by atoms with van der Waals surface area (Å²) in [5.74, 6) is 0.676. The molecule has 5 nitrogen and oxygen atoms in total. The number of carbonyl (C=O) groups excluding carboxylic acids is 1. The number of nitrogens with one attached hydrogen (secondary N) is 1. The fraction of sp³-hybridized carbons (Fsp3) is 0.615. The number of esters is 1. The van der Waals surface area contributed by atoms with E-state index in [9.17, 15) is 4.79 Å². The van der Waals surface area contributed by atoms with Crippen LogP contribution < -0.4 is 5.32 Å². The van der Waals surface area contributed by atoms with Gasteiger partial charge < -0.3 is 14.5 Å². The molecule has 0 amide bonds. The zero-order valence-corrected chi connectivity index (χ0v) is 12.8. The Balaban J connectivity index is 2.12. The molecule has 2 heterocycles. The maximum atomic E-state index is 12.0. The standard InChI is InChI=1S/C13H19BrN2O3/c1-3-18-13(17)10-8-15-6-7-16(10)9(2)11-4-5-12(14)19-11/h4-5,9-10,15H,3,6-8H2,1-2H3. The Morgan fingerprint density at radius 1 is 1.68 bits per heavy atom. The van der Waals surface area contributed by atoms with Gasteiger partial charge in [-0.15, -0.1) is 0 Å². The predicted molar refractivity (Wildman–Crippen MR) is 74.8 cm³/mol. The molecule has 0 spiro atoms. The van der Waals surface area contributed by atoms with Crippen molar-refractivity contribution >= 4 is 21.9 Å². The quantitative estimate of drug-likeness (QED) is 0.855. The van der Waals surface area contributed by atoms with E-state index in [1.54, 1.807) is 0 Å². The summed E-state index contributed by atoms with van der Waals surface area (Å²) in [5, 5.41) is 3.23. The first-order chi connectivity index (χ1) is 9.13. The van der Waals surface area contributed by atoms with Crippen LogP contribution in [0.25, 0.3) is 0 Å². The minimum atomic E-state index is -0.257.